The van der Waals surface area contributed by atoms with Crippen molar-refractivity contribution >= 4 is 11.4 Å². The van der Waals surface area contributed by atoms with Crippen molar-refractivity contribution < 1.29 is 10.0 Å². The summed E-state index contributed by atoms with van der Waals surface area (Å²) in [5, 5.41) is 21.0. The molecule has 27 heavy (non-hydrogen) atoms. The predicted octanol–water partition coefficient (Wildman–Crippen LogP) is 1.03. The number of rotatable bonds is 5. The van der Waals surface area contributed by atoms with Gasteiger partial charge in [0.2, 0.25) is 5.88 Å². The van der Waals surface area contributed by atoms with Crippen LogP contribution >= 0.6 is 0 Å². The predicted molar refractivity (Wildman–Crippen MR) is 100 cm³/mol. The lowest BCUT2D eigenvalue weighted by molar-refractivity contribution is -0.384. The number of aromatic hydroxyl groups is 1. The van der Waals surface area contributed by atoms with Gasteiger partial charge in [0.25, 0.3) is 5.69 Å². The number of nitro groups is 1. The molecule has 1 saturated heterocycles. The molecule has 3 heterocycles. The Morgan fingerprint density at radius 1 is 1.04 bits per heavy atom. The summed E-state index contributed by atoms with van der Waals surface area (Å²) in [4.78, 5) is 27.2. The first-order valence-electron chi connectivity index (χ1n) is 9.27. The Bertz CT molecular complexity index is 894. The first kappa shape index (κ1) is 17.6. The third kappa shape index (κ3) is 3.30. The highest BCUT2D eigenvalue weighted by molar-refractivity contribution is 5.51. The van der Waals surface area contributed by atoms with Gasteiger partial charge in [0.15, 0.2) is 0 Å². The second-order valence-electron chi connectivity index (χ2n) is 7.06. The third-order valence-corrected chi connectivity index (χ3v) is 5.53. The van der Waals surface area contributed by atoms with Gasteiger partial charge in [-0.1, -0.05) is 0 Å². The highest BCUT2D eigenvalue weighted by Crippen LogP contribution is 2.23. The zero-order valence-corrected chi connectivity index (χ0v) is 15.1. The number of non-ortho nitro benzene ring substituents is 1. The van der Waals surface area contributed by atoms with Gasteiger partial charge in [0.05, 0.1) is 10.6 Å². The van der Waals surface area contributed by atoms with Gasteiger partial charge in [-0.2, -0.15) is 0 Å². The molecule has 1 aromatic heterocycles. The van der Waals surface area contributed by atoms with E-state index < -0.39 is 4.92 Å². The van der Waals surface area contributed by atoms with Crippen LogP contribution in [0.1, 0.15) is 12.1 Å². The highest BCUT2D eigenvalue weighted by Gasteiger charge is 2.24. The van der Waals surface area contributed by atoms with E-state index in [0.717, 1.165) is 50.4 Å². The molecule has 0 saturated carbocycles. The SMILES string of the molecule is O=c1n(CCN2CCN(c3ccc([N+](=O)[O-])cc3)CC2)c(O)c2n1CCC2. The molecule has 9 heteroatoms. The average molecular weight is 373 g/mol. The summed E-state index contributed by atoms with van der Waals surface area (Å²) in [6.45, 7) is 5.24. The van der Waals surface area contributed by atoms with Gasteiger partial charge in [0.1, 0.15) is 0 Å². The molecular weight excluding hydrogens is 350 g/mol. The van der Waals surface area contributed by atoms with E-state index in [1.807, 2.05) is 0 Å². The first-order chi connectivity index (χ1) is 13.0. The Morgan fingerprint density at radius 3 is 2.37 bits per heavy atom. The number of aromatic nitrogens is 2. The van der Waals surface area contributed by atoms with E-state index in [9.17, 15) is 20.0 Å². The first-order valence-corrected chi connectivity index (χ1v) is 9.27. The van der Waals surface area contributed by atoms with Crippen LogP contribution in [0.2, 0.25) is 0 Å². The summed E-state index contributed by atoms with van der Waals surface area (Å²) < 4.78 is 3.17. The number of benzene rings is 1. The number of nitro benzene ring substituents is 1. The average Bonchev–Trinajstić information content (AvgIpc) is 3.25. The zero-order valence-electron chi connectivity index (χ0n) is 15.1. The smallest absolute Gasteiger partial charge is 0.331 e. The molecule has 0 bridgehead atoms. The highest BCUT2D eigenvalue weighted by atomic mass is 16.6. The zero-order chi connectivity index (χ0) is 19.0. The van der Waals surface area contributed by atoms with E-state index in [1.54, 1.807) is 16.7 Å². The van der Waals surface area contributed by atoms with Crippen molar-refractivity contribution in [3.63, 3.8) is 0 Å². The molecule has 0 amide bonds. The summed E-state index contributed by atoms with van der Waals surface area (Å²) >= 11 is 0. The summed E-state index contributed by atoms with van der Waals surface area (Å²) in [5.41, 5.74) is 1.74. The minimum absolute atomic E-state index is 0.0992. The molecule has 2 aliphatic heterocycles. The number of piperazine rings is 1. The van der Waals surface area contributed by atoms with Crippen molar-refractivity contribution in [3.8, 4) is 5.88 Å². The lowest BCUT2D eigenvalue weighted by Crippen LogP contribution is -2.47. The van der Waals surface area contributed by atoms with Crippen LogP contribution in [-0.4, -0.2) is 56.8 Å². The van der Waals surface area contributed by atoms with Crippen LogP contribution in [-0.2, 0) is 19.5 Å². The molecular formula is C18H23N5O4. The quantitative estimate of drug-likeness (QED) is 0.621. The van der Waals surface area contributed by atoms with Crippen molar-refractivity contribution in [3.05, 3.63) is 50.6 Å². The third-order valence-electron chi connectivity index (χ3n) is 5.53. The van der Waals surface area contributed by atoms with Crippen LogP contribution in [0.25, 0.3) is 0 Å². The van der Waals surface area contributed by atoms with Gasteiger partial charge in [-0.3, -0.25) is 24.1 Å². The molecule has 1 aromatic carbocycles. The summed E-state index contributed by atoms with van der Waals surface area (Å²) in [5.74, 6) is 0.127. The van der Waals surface area contributed by atoms with E-state index in [1.165, 1.54) is 16.7 Å². The van der Waals surface area contributed by atoms with Crippen LogP contribution < -0.4 is 10.6 Å². The molecule has 0 spiro atoms. The Hall–Kier alpha value is -2.81. The Labute approximate surface area is 156 Å². The van der Waals surface area contributed by atoms with Gasteiger partial charge < -0.3 is 10.0 Å². The molecule has 0 atom stereocenters. The standard InChI is InChI=1S/C18H23N5O4/c24-17-16-2-1-7-21(16)18(25)22(17)13-10-19-8-11-20(12-9-19)14-3-5-15(6-4-14)23(26)27/h3-6,24H,1-2,7-13H2. The maximum absolute atomic E-state index is 12.4. The van der Waals surface area contributed by atoms with E-state index >= 15 is 0 Å². The topological polar surface area (TPSA) is 96.8 Å². The molecule has 1 fully saturated rings. The van der Waals surface area contributed by atoms with E-state index in [0.29, 0.717) is 19.6 Å². The minimum Gasteiger partial charge on any atom is -0.493 e. The molecule has 0 unspecified atom stereocenters. The van der Waals surface area contributed by atoms with Crippen LogP contribution in [0.4, 0.5) is 11.4 Å². The lowest BCUT2D eigenvalue weighted by atomic mass is 10.2. The fraction of sp³-hybridized carbons (Fsp3) is 0.500. The second-order valence-corrected chi connectivity index (χ2v) is 7.06. The van der Waals surface area contributed by atoms with E-state index in [-0.39, 0.29) is 17.3 Å². The second kappa shape index (κ2) is 7.07. The van der Waals surface area contributed by atoms with Gasteiger partial charge in [-0.05, 0) is 25.0 Å². The fourth-order valence-electron chi connectivity index (χ4n) is 3.97. The number of nitrogens with zero attached hydrogens (tertiary/aromatic N) is 5. The van der Waals surface area contributed by atoms with Crippen LogP contribution in [0.15, 0.2) is 29.1 Å². The monoisotopic (exact) mass is 373 g/mol. The van der Waals surface area contributed by atoms with Gasteiger partial charge in [-0.15, -0.1) is 0 Å². The Morgan fingerprint density at radius 2 is 1.74 bits per heavy atom. The number of imidazole rings is 1. The fourth-order valence-corrected chi connectivity index (χ4v) is 3.97. The lowest BCUT2D eigenvalue weighted by Gasteiger charge is -2.36. The molecule has 0 aliphatic carbocycles. The minimum atomic E-state index is -0.392. The molecule has 0 radical (unpaired) electrons. The molecule has 9 nitrogen and oxygen atoms in total. The van der Waals surface area contributed by atoms with Crippen molar-refractivity contribution in [1.82, 2.24) is 14.0 Å². The van der Waals surface area contributed by atoms with Crippen LogP contribution in [0.3, 0.4) is 0 Å². The molecule has 1 N–H and O–H groups in total. The van der Waals surface area contributed by atoms with Crippen molar-refractivity contribution in [1.29, 1.82) is 0 Å². The number of hydrogen-bond acceptors (Lipinski definition) is 6. The number of fused-ring (bicyclic) bond motifs is 1. The maximum atomic E-state index is 12.4. The van der Waals surface area contributed by atoms with Gasteiger partial charge in [0, 0.05) is 63.6 Å². The summed E-state index contributed by atoms with van der Waals surface area (Å²) in [7, 11) is 0. The summed E-state index contributed by atoms with van der Waals surface area (Å²) in [6.07, 6.45) is 1.69. The van der Waals surface area contributed by atoms with Crippen molar-refractivity contribution in [2.24, 2.45) is 0 Å². The summed E-state index contributed by atoms with van der Waals surface area (Å²) in [6, 6.07) is 6.63. The molecule has 2 aliphatic rings. The van der Waals surface area contributed by atoms with Crippen molar-refractivity contribution in [2.45, 2.75) is 25.9 Å². The Kier molecular flexibility index (Phi) is 4.61. The number of hydrogen-bond donors (Lipinski definition) is 1. The van der Waals surface area contributed by atoms with E-state index in [2.05, 4.69) is 9.80 Å². The van der Waals surface area contributed by atoms with Gasteiger partial charge in [-0.25, -0.2) is 4.79 Å². The number of anilines is 1. The molecule has 144 valence electrons. The van der Waals surface area contributed by atoms with Gasteiger partial charge >= 0.3 is 5.69 Å². The molecule has 2 aromatic rings. The maximum Gasteiger partial charge on any atom is 0.331 e. The van der Waals surface area contributed by atoms with Crippen LogP contribution in [0.5, 0.6) is 5.88 Å². The van der Waals surface area contributed by atoms with E-state index in [4.69, 9.17) is 0 Å². The normalized spacial score (nSPS) is 17.3. The Balaban J connectivity index is 1.32. The van der Waals surface area contributed by atoms with Crippen LogP contribution in [0, 0.1) is 10.1 Å². The van der Waals surface area contributed by atoms with Crippen molar-refractivity contribution in [2.75, 3.05) is 37.6 Å². The largest absolute Gasteiger partial charge is 0.493 e. The molecule has 4 rings (SSSR count).